The zero-order valence-corrected chi connectivity index (χ0v) is 27.6. The number of furan rings is 1. The predicted octanol–water partition coefficient (Wildman–Crippen LogP) is 12.3. The Kier molecular flexibility index (Phi) is 6.88. The molecule has 8 rings (SSSR count). The second kappa shape index (κ2) is 11.1. The summed E-state index contributed by atoms with van der Waals surface area (Å²) in [4.78, 5) is 5.34. The van der Waals surface area contributed by atoms with Crippen LogP contribution in [0.25, 0.3) is 72.1 Å². The molecule has 47 heavy (non-hydrogen) atoms. The summed E-state index contributed by atoms with van der Waals surface area (Å²) in [7, 11) is 0. The molecule has 0 aliphatic rings. The summed E-state index contributed by atoms with van der Waals surface area (Å²) in [6, 6.07) is 45.9. The SMILES string of the molecule is CC(C)c1ccc2cc3c(-c4nc5ccccc5n4-c4c(-c5ccccc5)cc(C(C)(C)C)cc4-c4ccccc4)coc3cc2c1. The Labute approximate surface area is 276 Å². The van der Waals surface area contributed by atoms with Crippen LogP contribution in [0.3, 0.4) is 0 Å². The molecule has 3 heteroatoms. The normalized spacial score (nSPS) is 12.1. The van der Waals surface area contributed by atoms with Crippen molar-refractivity contribution in [3.05, 3.63) is 145 Å². The summed E-state index contributed by atoms with van der Waals surface area (Å²) in [6.07, 6.45) is 1.89. The molecule has 2 heterocycles. The fourth-order valence-corrected chi connectivity index (χ4v) is 6.74. The molecule has 0 fully saturated rings. The van der Waals surface area contributed by atoms with E-state index < -0.39 is 0 Å². The van der Waals surface area contributed by atoms with Gasteiger partial charge >= 0.3 is 0 Å². The molecule has 2 aromatic heterocycles. The molecule has 0 unspecified atom stereocenters. The van der Waals surface area contributed by atoms with Gasteiger partial charge in [0.1, 0.15) is 17.7 Å². The van der Waals surface area contributed by atoms with Crippen LogP contribution >= 0.6 is 0 Å². The molecule has 3 nitrogen and oxygen atoms in total. The Morgan fingerprint density at radius 3 is 1.91 bits per heavy atom. The maximum Gasteiger partial charge on any atom is 0.149 e. The largest absolute Gasteiger partial charge is 0.464 e. The molecule has 0 bridgehead atoms. The molecular weight excluding hydrogens is 572 g/mol. The molecule has 0 radical (unpaired) electrons. The van der Waals surface area contributed by atoms with Gasteiger partial charge in [-0.1, -0.05) is 126 Å². The fourth-order valence-electron chi connectivity index (χ4n) is 6.74. The summed E-state index contributed by atoms with van der Waals surface area (Å²) >= 11 is 0. The molecule has 8 aromatic rings. The summed E-state index contributed by atoms with van der Waals surface area (Å²) in [5.41, 5.74) is 12.2. The first kappa shape index (κ1) is 29.0. The highest BCUT2D eigenvalue weighted by Gasteiger charge is 2.26. The van der Waals surface area contributed by atoms with Crippen molar-refractivity contribution in [1.82, 2.24) is 9.55 Å². The smallest absolute Gasteiger partial charge is 0.149 e. The van der Waals surface area contributed by atoms with E-state index in [9.17, 15) is 0 Å². The summed E-state index contributed by atoms with van der Waals surface area (Å²) in [6.45, 7) is 11.3. The third-order valence-electron chi connectivity index (χ3n) is 9.39. The van der Waals surface area contributed by atoms with Gasteiger partial charge in [0.2, 0.25) is 0 Å². The van der Waals surface area contributed by atoms with Crippen LogP contribution in [0, 0.1) is 0 Å². The Morgan fingerprint density at radius 2 is 1.28 bits per heavy atom. The monoisotopic (exact) mass is 610 g/mol. The number of imidazole rings is 1. The predicted molar refractivity (Wildman–Crippen MR) is 197 cm³/mol. The van der Waals surface area contributed by atoms with E-state index in [0.717, 1.165) is 39.1 Å². The average molecular weight is 611 g/mol. The van der Waals surface area contributed by atoms with E-state index >= 15 is 0 Å². The van der Waals surface area contributed by atoms with E-state index in [0.29, 0.717) is 5.92 Å². The van der Waals surface area contributed by atoms with Gasteiger partial charge in [-0.2, -0.15) is 0 Å². The molecule has 0 saturated carbocycles. The van der Waals surface area contributed by atoms with Crippen LogP contribution in [0.15, 0.2) is 138 Å². The Bertz CT molecular complexity index is 2340. The van der Waals surface area contributed by atoms with Gasteiger partial charge in [0.25, 0.3) is 0 Å². The first-order chi connectivity index (χ1) is 22.8. The van der Waals surface area contributed by atoms with Gasteiger partial charge < -0.3 is 4.42 Å². The third-order valence-corrected chi connectivity index (χ3v) is 9.39. The van der Waals surface area contributed by atoms with Gasteiger partial charge in [-0.25, -0.2) is 4.98 Å². The molecule has 0 N–H and O–H groups in total. The first-order valence-electron chi connectivity index (χ1n) is 16.5. The molecule has 0 aliphatic carbocycles. The van der Waals surface area contributed by atoms with Crippen LogP contribution in [-0.2, 0) is 5.41 Å². The average Bonchev–Trinajstić information content (AvgIpc) is 3.67. The molecule has 0 atom stereocenters. The zero-order valence-electron chi connectivity index (χ0n) is 27.6. The molecular formula is C44H38N2O. The number of aromatic nitrogens is 2. The van der Waals surface area contributed by atoms with Crippen LogP contribution in [0.1, 0.15) is 51.7 Å². The number of fused-ring (bicyclic) bond motifs is 3. The lowest BCUT2D eigenvalue weighted by Crippen LogP contribution is -2.13. The first-order valence-corrected chi connectivity index (χ1v) is 16.5. The lowest BCUT2D eigenvalue weighted by atomic mass is 9.82. The summed E-state index contributed by atoms with van der Waals surface area (Å²) in [5.74, 6) is 1.32. The van der Waals surface area contributed by atoms with Crippen molar-refractivity contribution in [2.75, 3.05) is 0 Å². The van der Waals surface area contributed by atoms with Crippen molar-refractivity contribution < 1.29 is 4.42 Å². The van der Waals surface area contributed by atoms with Gasteiger partial charge in [0, 0.05) is 16.5 Å². The van der Waals surface area contributed by atoms with Gasteiger partial charge in [-0.05, 0) is 80.8 Å². The van der Waals surface area contributed by atoms with E-state index in [4.69, 9.17) is 9.40 Å². The van der Waals surface area contributed by atoms with Crippen molar-refractivity contribution in [2.24, 2.45) is 0 Å². The molecule has 230 valence electrons. The van der Waals surface area contributed by atoms with Gasteiger partial charge in [0.15, 0.2) is 0 Å². The minimum atomic E-state index is -0.0529. The van der Waals surface area contributed by atoms with E-state index in [1.54, 1.807) is 0 Å². The molecule has 0 saturated heterocycles. The molecule has 0 spiro atoms. The van der Waals surface area contributed by atoms with Crippen LogP contribution in [0.5, 0.6) is 0 Å². The maximum absolute atomic E-state index is 6.34. The second-order valence-corrected chi connectivity index (χ2v) is 13.9. The summed E-state index contributed by atoms with van der Waals surface area (Å²) in [5, 5.41) is 3.44. The van der Waals surface area contributed by atoms with E-state index in [1.165, 1.54) is 44.2 Å². The minimum Gasteiger partial charge on any atom is -0.464 e. The topological polar surface area (TPSA) is 31.0 Å². The Hall–Kier alpha value is -5.41. The van der Waals surface area contributed by atoms with Crippen LogP contribution in [0.2, 0.25) is 0 Å². The number of para-hydroxylation sites is 2. The highest BCUT2D eigenvalue weighted by molar-refractivity contribution is 6.04. The Morgan fingerprint density at radius 1 is 0.638 bits per heavy atom. The van der Waals surface area contributed by atoms with E-state index in [-0.39, 0.29) is 5.41 Å². The number of hydrogen-bond acceptors (Lipinski definition) is 2. The quantitative estimate of drug-likeness (QED) is 0.194. The molecule has 0 amide bonds. The van der Waals surface area contributed by atoms with Crippen LogP contribution in [-0.4, -0.2) is 9.55 Å². The Balaban J connectivity index is 1.49. The van der Waals surface area contributed by atoms with Gasteiger partial charge in [0.05, 0.1) is 22.3 Å². The fraction of sp³-hybridized carbons (Fsp3) is 0.159. The van der Waals surface area contributed by atoms with E-state index in [2.05, 4.69) is 167 Å². The van der Waals surface area contributed by atoms with E-state index in [1.807, 2.05) is 6.26 Å². The second-order valence-electron chi connectivity index (χ2n) is 13.9. The third kappa shape index (κ3) is 5.03. The van der Waals surface area contributed by atoms with Crippen molar-refractivity contribution in [1.29, 1.82) is 0 Å². The van der Waals surface area contributed by atoms with Crippen molar-refractivity contribution in [3.63, 3.8) is 0 Å². The lowest BCUT2D eigenvalue weighted by molar-refractivity contribution is 0.590. The highest BCUT2D eigenvalue weighted by Crippen LogP contribution is 2.44. The molecule has 0 aliphatic heterocycles. The van der Waals surface area contributed by atoms with Gasteiger partial charge in [-0.3, -0.25) is 4.57 Å². The summed E-state index contributed by atoms with van der Waals surface area (Å²) < 4.78 is 8.70. The van der Waals surface area contributed by atoms with Crippen molar-refractivity contribution in [2.45, 2.75) is 46.0 Å². The number of rotatable bonds is 5. The number of hydrogen-bond donors (Lipinski definition) is 0. The van der Waals surface area contributed by atoms with Gasteiger partial charge in [-0.15, -0.1) is 0 Å². The van der Waals surface area contributed by atoms with Crippen molar-refractivity contribution >= 4 is 32.8 Å². The standard InChI is InChI=1S/C44H38N2O/c1-28(2)31-20-21-32-23-37-38(27-47-41(37)24-33(32)22-31)43-45-39-18-12-13-19-40(39)46(43)42-35(29-14-8-6-9-15-29)25-34(44(3,4)5)26-36(42)30-16-10-7-11-17-30/h6-28H,1-5H3. The minimum absolute atomic E-state index is 0.0529. The lowest BCUT2D eigenvalue weighted by Gasteiger charge is -2.26. The highest BCUT2D eigenvalue weighted by atomic mass is 16.3. The zero-order chi connectivity index (χ0) is 32.3. The number of nitrogens with zero attached hydrogens (tertiary/aromatic N) is 2. The molecule has 6 aromatic carbocycles. The van der Waals surface area contributed by atoms with Crippen LogP contribution < -0.4 is 0 Å². The number of benzene rings is 6. The van der Waals surface area contributed by atoms with Crippen LogP contribution in [0.4, 0.5) is 0 Å². The maximum atomic E-state index is 6.34. The van der Waals surface area contributed by atoms with Crippen molar-refractivity contribution in [3.8, 4) is 39.3 Å².